The molecule has 17 heavy (non-hydrogen) atoms. The number of carboxylic acid groups (broad SMARTS) is 1. The van der Waals surface area contributed by atoms with Crippen LogP contribution >= 0.6 is 0 Å². The molecule has 2 aromatic heterocycles. The van der Waals surface area contributed by atoms with E-state index in [1.165, 1.54) is 0 Å². The summed E-state index contributed by atoms with van der Waals surface area (Å²) >= 11 is 0. The van der Waals surface area contributed by atoms with Crippen molar-refractivity contribution in [2.45, 2.75) is 12.1 Å². The van der Waals surface area contributed by atoms with Gasteiger partial charge in [-0.1, -0.05) is 0 Å². The minimum absolute atomic E-state index is 0.477. The molecule has 0 bridgehead atoms. The molecule has 0 saturated heterocycles. The number of fused-ring (bicyclic) bond motifs is 1. The van der Waals surface area contributed by atoms with Crippen LogP contribution in [0.2, 0.25) is 0 Å². The van der Waals surface area contributed by atoms with Gasteiger partial charge in [-0.15, -0.1) is 0 Å². The zero-order chi connectivity index (χ0) is 12.6. The number of aliphatic hydroxyl groups is 1. The van der Waals surface area contributed by atoms with Crippen molar-refractivity contribution in [1.82, 2.24) is 9.55 Å². The molecule has 0 aromatic carbocycles. The molecule has 4 N–H and O–H groups in total. The number of nitrogens with zero attached hydrogens (tertiary/aromatic N) is 2. The molecule has 0 radical (unpaired) electrons. The average molecular weight is 235 g/mol. The molecule has 6 nitrogen and oxygen atoms in total. The van der Waals surface area contributed by atoms with Crippen molar-refractivity contribution >= 4 is 17.0 Å². The Kier molecular flexibility index (Phi) is 2.83. The Morgan fingerprint density at radius 2 is 2.29 bits per heavy atom. The van der Waals surface area contributed by atoms with Gasteiger partial charge in [0.25, 0.3) is 0 Å². The van der Waals surface area contributed by atoms with Gasteiger partial charge in [0.05, 0.1) is 0 Å². The number of pyridine rings is 1. The van der Waals surface area contributed by atoms with Crippen molar-refractivity contribution in [1.29, 1.82) is 0 Å². The van der Waals surface area contributed by atoms with Crippen LogP contribution in [0.15, 0.2) is 24.5 Å². The number of hydrogen-bond donors (Lipinski definition) is 3. The third-order valence-electron chi connectivity index (χ3n) is 2.71. The van der Waals surface area contributed by atoms with Crippen LogP contribution in [0.25, 0.3) is 11.0 Å². The Morgan fingerprint density at radius 3 is 2.94 bits per heavy atom. The molecular formula is C11H13N3O3. The molecule has 0 aliphatic carbocycles. The lowest BCUT2D eigenvalue weighted by molar-refractivity contribution is -0.141. The first-order chi connectivity index (χ1) is 8.02. The summed E-state index contributed by atoms with van der Waals surface area (Å²) in [6, 6.07) is 2.15. The van der Waals surface area contributed by atoms with Crippen LogP contribution in [-0.2, 0) is 11.8 Å². The normalized spacial score (nSPS) is 14.8. The van der Waals surface area contributed by atoms with Gasteiger partial charge < -0.3 is 20.5 Å². The van der Waals surface area contributed by atoms with Gasteiger partial charge in [0.15, 0.2) is 0 Å². The number of nitrogens with two attached hydrogens (primary N) is 1. The lowest BCUT2D eigenvalue weighted by Gasteiger charge is -2.13. The lowest BCUT2D eigenvalue weighted by atomic mass is 10.0. The number of hydrogen-bond acceptors (Lipinski definition) is 4. The van der Waals surface area contributed by atoms with Crippen molar-refractivity contribution < 1.29 is 15.0 Å². The van der Waals surface area contributed by atoms with Gasteiger partial charge in [-0.3, -0.25) is 4.79 Å². The van der Waals surface area contributed by atoms with Crippen LogP contribution in [0.5, 0.6) is 0 Å². The van der Waals surface area contributed by atoms with Gasteiger partial charge in [0, 0.05) is 30.4 Å². The standard InChI is InChI=1S/C11H13N3O3/c1-14-5-7(9(15)8(12)11(16)17)6-3-2-4-13-10(6)14/h2-5,8-9,15H,12H2,1H3,(H,16,17). The first-order valence-corrected chi connectivity index (χ1v) is 5.08. The quantitative estimate of drug-likeness (QED) is 0.696. The summed E-state index contributed by atoms with van der Waals surface area (Å²) in [6.07, 6.45) is 2.03. The van der Waals surface area contributed by atoms with E-state index in [-0.39, 0.29) is 0 Å². The first-order valence-electron chi connectivity index (χ1n) is 5.08. The fourth-order valence-electron chi connectivity index (χ4n) is 1.81. The summed E-state index contributed by atoms with van der Waals surface area (Å²) in [5.41, 5.74) is 6.57. The lowest BCUT2D eigenvalue weighted by Crippen LogP contribution is -2.36. The fourth-order valence-corrected chi connectivity index (χ4v) is 1.81. The summed E-state index contributed by atoms with van der Waals surface area (Å²) in [5.74, 6) is -1.24. The third-order valence-corrected chi connectivity index (χ3v) is 2.71. The van der Waals surface area contributed by atoms with Gasteiger partial charge in [0.2, 0.25) is 0 Å². The number of rotatable bonds is 3. The first kappa shape index (κ1) is 11.6. The maximum atomic E-state index is 10.7. The van der Waals surface area contributed by atoms with E-state index in [9.17, 15) is 9.90 Å². The molecule has 0 fully saturated rings. The number of carbonyl (C=O) groups is 1. The van der Waals surface area contributed by atoms with Crippen molar-refractivity contribution in [3.63, 3.8) is 0 Å². The Labute approximate surface area is 97.3 Å². The molecule has 6 heteroatoms. The molecular weight excluding hydrogens is 222 g/mol. The Bertz CT molecular complexity index is 564. The van der Waals surface area contributed by atoms with Crippen LogP contribution in [0.1, 0.15) is 11.7 Å². The second kappa shape index (κ2) is 4.15. The molecule has 2 aromatic rings. The largest absolute Gasteiger partial charge is 0.480 e. The van der Waals surface area contributed by atoms with Gasteiger partial charge in [-0.2, -0.15) is 0 Å². The van der Waals surface area contributed by atoms with Crippen molar-refractivity contribution in [3.8, 4) is 0 Å². The topological polar surface area (TPSA) is 101 Å². The SMILES string of the molecule is Cn1cc(C(O)C(N)C(=O)O)c2cccnc21. The molecule has 0 aliphatic rings. The van der Waals surface area contributed by atoms with E-state index in [0.29, 0.717) is 16.6 Å². The Balaban J connectivity index is 2.52. The number of aliphatic hydroxyl groups excluding tert-OH is 1. The van der Waals surface area contributed by atoms with E-state index < -0.39 is 18.1 Å². The van der Waals surface area contributed by atoms with Gasteiger partial charge in [-0.25, -0.2) is 4.98 Å². The third kappa shape index (κ3) is 1.88. The minimum atomic E-state index is -1.35. The Hall–Kier alpha value is -1.92. The molecule has 0 spiro atoms. The van der Waals surface area contributed by atoms with E-state index in [1.54, 1.807) is 36.1 Å². The zero-order valence-corrected chi connectivity index (χ0v) is 9.24. The molecule has 2 heterocycles. The van der Waals surface area contributed by atoms with Gasteiger partial charge >= 0.3 is 5.97 Å². The summed E-state index contributed by atoms with van der Waals surface area (Å²) in [5, 5.41) is 19.4. The smallest absolute Gasteiger partial charge is 0.323 e. The van der Waals surface area contributed by atoms with Gasteiger partial charge in [-0.05, 0) is 12.1 Å². The van der Waals surface area contributed by atoms with Crippen molar-refractivity contribution in [2.24, 2.45) is 12.8 Å². The molecule has 2 unspecified atom stereocenters. The van der Waals surface area contributed by atoms with Crippen molar-refractivity contribution in [2.75, 3.05) is 0 Å². The maximum Gasteiger partial charge on any atom is 0.323 e. The highest BCUT2D eigenvalue weighted by Gasteiger charge is 2.26. The van der Waals surface area contributed by atoms with E-state index >= 15 is 0 Å². The molecule has 90 valence electrons. The van der Waals surface area contributed by atoms with Crippen LogP contribution in [-0.4, -0.2) is 31.8 Å². The van der Waals surface area contributed by atoms with Crippen molar-refractivity contribution in [3.05, 3.63) is 30.1 Å². The second-order valence-electron chi connectivity index (χ2n) is 3.88. The number of aromatic nitrogens is 2. The summed E-state index contributed by atoms with van der Waals surface area (Å²) < 4.78 is 1.72. The number of aliphatic carboxylic acids is 1. The zero-order valence-electron chi connectivity index (χ0n) is 9.24. The van der Waals surface area contributed by atoms with E-state index in [4.69, 9.17) is 10.8 Å². The van der Waals surface area contributed by atoms with E-state index in [1.807, 2.05) is 0 Å². The summed E-state index contributed by atoms with van der Waals surface area (Å²) in [7, 11) is 1.78. The van der Waals surface area contributed by atoms with Crippen LogP contribution < -0.4 is 5.73 Å². The fraction of sp³-hybridized carbons (Fsp3) is 0.273. The molecule has 2 atom stereocenters. The average Bonchev–Trinajstić information content (AvgIpc) is 2.65. The molecule has 0 aliphatic heterocycles. The molecule has 0 amide bonds. The van der Waals surface area contributed by atoms with E-state index in [0.717, 1.165) is 0 Å². The van der Waals surface area contributed by atoms with Crippen LogP contribution in [0.4, 0.5) is 0 Å². The predicted molar refractivity (Wildman–Crippen MR) is 61.3 cm³/mol. The molecule has 2 rings (SSSR count). The monoisotopic (exact) mass is 235 g/mol. The highest BCUT2D eigenvalue weighted by Crippen LogP contribution is 2.26. The predicted octanol–water partition coefficient (Wildman–Crippen LogP) is 0.0186. The Morgan fingerprint density at radius 1 is 1.59 bits per heavy atom. The highest BCUT2D eigenvalue weighted by molar-refractivity contribution is 5.82. The van der Waals surface area contributed by atoms with Gasteiger partial charge in [0.1, 0.15) is 17.8 Å². The maximum absolute atomic E-state index is 10.7. The van der Waals surface area contributed by atoms with Crippen LogP contribution in [0.3, 0.4) is 0 Å². The summed E-state index contributed by atoms with van der Waals surface area (Å²) in [4.78, 5) is 14.9. The second-order valence-corrected chi connectivity index (χ2v) is 3.88. The van der Waals surface area contributed by atoms with Crippen LogP contribution in [0, 0.1) is 0 Å². The number of carboxylic acids is 1. The number of aryl methyl sites for hydroxylation is 1. The minimum Gasteiger partial charge on any atom is -0.480 e. The van der Waals surface area contributed by atoms with E-state index in [2.05, 4.69) is 4.98 Å². The molecule has 0 saturated carbocycles. The summed E-state index contributed by atoms with van der Waals surface area (Å²) in [6.45, 7) is 0. The highest BCUT2D eigenvalue weighted by atomic mass is 16.4.